The number of aliphatic hydroxyl groups excluding tert-OH is 1. The van der Waals surface area contributed by atoms with E-state index in [0.29, 0.717) is 45.8 Å². The molecular weight excluding hydrogens is 448 g/mol. The average molecular weight is 473 g/mol. The number of amides is 1. The van der Waals surface area contributed by atoms with E-state index in [1.54, 1.807) is 48.8 Å². The number of nitrogens with one attached hydrogen (secondary N) is 3. The van der Waals surface area contributed by atoms with Crippen LogP contribution >= 0.6 is 0 Å². The van der Waals surface area contributed by atoms with Gasteiger partial charge in [-0.3, -0.25) is 14.6 Å². The maximum atomic E-state index is 13.4. The molecule has 35 heavy (non-hydrogen) atoms. The highest BCUT2D eigenvalue weighted by atomic mass is 16.5. The van der Waals surface area contributed by atoms with Crippen molar-refractivity contribution >= 4 is 34.2 Å². The van der Waals surface area contributed by atoms with Gasteiger partial charge in [-0.25, -0.2) is 9.97 Å². The van der Waals surface area contributed by atoms with Gasteiger partial charge >= 0.3 is 0 Å². The quantitative estimate of drug-likeness (QED) is 0.301. The van der Waals surface area contributed by atoms with Crippen LogP contribution in [0.3, 0.4) is 0 Å². The molecule has 0 aliphatic carbocycles. The molecule has 1 aliphatic rings. The number of carbonyl (C=O) groups excluding carboxylic acids is 2. The average Bonchev–Trinajstić information content (AvgIpc) is 3.35. The van der Waals surface area contributed by atoms with E-state index >= 15 is 0 Å². The first-order chi connectivity index (χ1) is 17.1. The van der Waals surface area contributed by atoms with Crippen LogP contribution in [0.25, 0.3) is 11.0 Å². The van der Waals surface area contributed by atoms with Crippen LogP contribution in [0.2, 0.25) is 0 Å². The summed E-state index contributed by atoms with van der Waals surface area (Å²) in [4.78, 5) is 41.3. The Kier molecular flexibility index (Phi) is 6.47. The minimum absolute atomic E-state index is 0.00681. The summed E-state index contributed by atoms with van der Waals surface area (Å²) in [5, 5.41) is 16.0. The summed E-state index contributed by atoms with van der Waals surface area (Å²) in [6.07, 6.45) is 7.58. The summed E-state index contributed by atoms with van der Waals surface area (Å²) in [5.74, 6) is 0.0779. The van der Waals surface area contributed by atoms with Crippen molar-refractivity contribution in [2.75, 3.05) is 23.8 Å². The molecule has 10 nitrogen and oxygen atoms in total. The lowest BCUT2D eigenvalue weighted by molar-refractivity contribution is -0.0224. The molecule has 10 heteroatoms. The number of ether oxygens (including phenoxy) is 1. The SMILES string of the molecule is O=C(Nc1ccc(C(=O)c2c[nH]c3ncnc(N[C@@H]4CC[C@H](CO)OC4)c23)cc1)c1cccnc1. The summed E-state index contributed by atoms with van der Waals surface area (Å²) in [6, 6.07) is 10.1. The third kappa shape index (κ3) is 4.88. The summed E-state index contributed by atoms with van der Waals surface area (Å²) >= 11 is 0. The summed E-state index contributed by atoms with van der Waals surface area (Å²) < 4.78 is 5.66. The van der Waals surface area contributed by atoms with Crippen molar-refractivity contribution < 1.29 is 19.4 Å². The second-order valence-electron chi connectivity index (χ2n) is 8.31. The molecule has 0 radical (unpaired) electrons. The molecule has 1 saturated heterocycles. The van der Waals surface area contributed by atoms with Gasteiger partial charge in [0.1, 0.15) is 17.8 Å². The first-order valence-corrected chi connectivity index (χ1v) is 11.3. The molecular formula is C25H24N6O4. The van der Waals surface area contributed by atoms with E-state index in [1.807, 2.05) is 0 Å². The predicted octanol–water partition coefficient (Wildman–Crippen LogP) is 2.79. The summed E-state index contributed by atoms with van der Waals surface area (Å²) in [7, 11) is 0. The number of aliphatic hydroxyl groups is 1. The summed E-state index contributed by atoms with van der Waals surface area (Å²) in [6.45, 7) is 0.448. The number of aromatic amines is 1. The van der Waals surface area contributed by atoms with Crippen LogP contribution in [-0.4, -0.2) is 62.1 Å². The molecule has 1 aromatic carbocycles. The van der Waals surface area contributed by atoms with E-state index < -0.39 is 0 Å². The van der Waals surface area contributed by atoms with Gasteiger partial charge in [0.2, 0.25) is 0 Å². The smallest absolute Gasteiger partial charge is 0.257 e. The van der Waals surface area contributed by atoms with Gasteiger partial charge in [0.25, 0.3) is 5.91 Å². The normalized spacial score (nSPS) is 17.7. The lowest BCUT2D eigenvalue weighted by Gasteiger charge is -2.29. The second kappa shape index (κ2) is 10.00. The van der Waals surface area contributed by atoms with Gasteiger partial charge in [0.15, 0.2) is 5.78 Å². The molecule has 5 rings (SSSR count). The number of benzene rings is 1. The number of nitrogens with zero attached hydrogens (tertiary/aromatic N) is 3. The highest BCUT2D eigenvalue weighted by Gasteiger charge is 2.24. The highest BCUT2D eigenvalue weighted by Crippen LogP contribution is 2.28. The Morgan fingerprint density at radius 3 is 2.69 bits per heavy atom. The van der Waals surface area contributed by atoms with E-state index in [9.17, 15) is 14.7 Å². The Bertz CT molecular complexity index is 1330. The van der Waals surface area contributed by atoms with Crippen molar-refractivity contribution in [2.24, 2.45) is 0 Å². The Labute approximate surface area is 200 Å². The fourth-order valence-corrected chi connectivity index (χ4v) is 4.07. The molecule has 1 fully saturated rings. The molecule has 178 valence electrons. The zero-order valence-electron chi connectivity index (χ0n) is 18.8. The topological polar surface area (TPSA) is 142 Å². The van der Waals surface area contributed by atoms with Crippen molar-refractivity contribution in [1.29, 1.82) is 0 Å². The Morgan fingerprint density at radius 1 is 1.11 bits per heavy atom. The van der Waals surface area contributed by atoms with Crippen molar-refractivity contribution in [2.45, 2.75) is 25.0 Å². The number of hydrogen-bond acceptors (Lipinski definition) is 8. The van der Waals surface area contributed by atoms with Gasteiger partial charge in [-0.1, -0.05) is 0 Å². The molecule has 0 bridgehead atoms. The van der Waals surface area contributed by atoms with Gasteiger partial charge in [0.05, 0.1) is 41.9 Å². The fourth-order valence-electron chi connectivity index (χ4n) is 4.07. The van der Waals surface area contributed by atoms with Gasteiger partial charge in [-0.05, 0) is 49.2 Å². The standard InChI is InChI=1S/C25H24N6O4/c32-12-19-8-7-18(13-35-19)30-24-21-20(11-27-23(21)28-14-29-24)22(33)15-3-5-17(6-4-15)31-25(34)16-2-1-9-26-10-16/h1-6,9-11,14,18-19,32H,7-8,12-13H2,(H,31,34)(H2,27,28,29,30)/t18-,19-/m1/s1. The number of anilines is 2. The first-order valence-electron chi connectivity index (χ1n) is 11.3. The van der Waals surface area contributed by atoms with Crippen LogP contribution in [0, 0.1) is 0 Å². The minimum atomic E-state index is -0.279. The van der Waals surface area contributed by atoms with E-state index in [2.05, 4.69) is 30.6 Å². The molecule has 0 saturated carbocycles. The van der Waals surface area contributed by atoms with Crippen molar-refractivity contribution in [1.82, 2.24) is 19.9 Å². The van der Waals surface area contributed by atoms with E-state index in [-0.39, 0.29) is 30.4 Å². The first kappa shape index (κ1) is 22.6. The maximum absolute atomic E-state index is 13.4. The lowest BCUT2D eigenvalue weighted by Crippen LogP contribution is -2.36. The molecule has 0 unspecified atom stereocenters. The Hall–Kier alpha value is -4.15. The molecule has 3 aromatic heterocycles. The molecule has 1 aliphatic heterocycles. The fraction of sp³-hybridized carbons (Fsp3) is 0.240. The van der Waals surface area contributed by atoms with E-state index in [4.69, 9.17) is 4.74 Å². The molecule has 0 spiro atoms. The van der Waals surface area contributed by atoms with Crippen LogP contribution in [-0.2, 0) is 4.74 Å². The van der Waals surface area contributed by atoms with Crippen molar-refractivity contribution in [3.63, 3.8) is 0 Å². The van der Waals surface area contributed by atoms with Crippen LogP contribution in [0.5, 0.6) is 0 Å². The molecule has 2 atom stereocenters. The molecule has 4 aromatic rings. The van der Waals surface area contributed by atoms with Crippen LogP contribution in [0.15, 0.2) is 61.3 Å². The number of pyridine rings is 1. The number of H-pyrrole nitrogens is 1. The molecule has 1 amide bonds. The number of fused-ring (bicyclic) bond motifs is 1. The van der Waals surface area contributed by atoms with Gasteiger partial charge < -0.3 is 25.5 Å². The summed E-state index contributed by atoms with van der Waals surface area (Å²) in [5.41, 5.74) is 2.48. The van der Waals surface area contributed by atoms with Crippen molar-refractivity contribution in [3.05, 3.63) is 78.0 Å². The van der Waals surface area contributed by atoms with Gasteiger partial charge in [-0.2, -0.15) is 0 Å². The molecule has 4 N–H and O–H groups in total. The lowest BCUT2D eigenvalue weighted by atomic mass is 10.0. The number of carbonyl (C=O) groups is 2. The van der Waals surface area contributed by atoms with Crippen LogP contribution in [0.4, 0.5) is 11.5 Å². The largest absolute Gasteiger partial charge is 0.394 e. The Morgan fingerprint density at radius 2 is 1.97 bits per heavy atom. The number of ketones is 1. The van der Waals surface area contributed by atoms with Crippen molar-refractivity contribution in [3.8, 4) is 0 Å². The van der Waals surface area contributed by atoms with Crippen LogP contribution < -0.4 is 10.6 Å². The van der Waals surface area contributed by atoms with Gasteiger partial charge in [-0.15, -0.1) is 0 Å². The molecule has 4 heterocycles. The van der Waals surface area contributed by atoms with Gasteiger partial charge in [0, 0.05) is 29.8 Å². The monoisotopic (exact) mass is 472 g/mol. The zero-order valence-corrected chi connectivity index (χ0v) is 18.8. The Balaban J connectivity index is 1.34. The highest BCUT2D eigenvalue weighted by molar-refractivity contribution is 6.18. The zero-order chi connectivity index (χ0) is 24.2. The van der Waals surface area contributed by atoms with E-state index in [0.717, 1.165) is 12.8 Å². The minimum Gasteiger partial charge on any atom is -0.394 e. The van der Waals surface area contributed by atoms with E-state index in [1.165, 1.54) is 12.5 Å². The second-order valence-corrected chi connectivity index (χ2v) is 8.31. The van der Waals surface area contributed by atoms with Crippen LogP contribution in [0.1, 0.15) is 39.1 Å². The third-order valence-corrected chi connectivity index (χ3v) is 5.96. The predicted molar refractivity (Wildman–Crippen MR) is 129 cm³/mol. The number of hydrogen-bond donors (Lipinski definition) is 4. The maximum Gasteiger partial charge on any atom is 0.257 e. The third-order valence-electron chi connectivity index (χ3n) is 5.96. The number of aromatic nitrogens is 4. The number of rotatable bonds is 7.